The number of ether oxygens (including phenoxy) is 1. The molecule has 0 aliphatic rings. The Kier molecular flexibility index (Phi) is 3.69. The van der Waals surface area contributed by atoms with Crippen LogP contribution < -0.4 is 16.2 Å². The molecule has 0 spiro atoms. The molecule has 0 unspecified atom stereocenters. The largest absolute Gasteiger partial charge is 0.484 e. The van der Waals surface area contributed by atoms with Crippen molar-refractivity contribution in [3.05, 3.63) is 23.8 Å². The molecule has 0 heterocycles. The number of benzene rings is 1. The van der Waals surface area contributed by atoms with Gasteiger partial charge in [-0.05, 0) is 33.8 Å². The zero-order valence-corrected chi connectivity index (χ0v) is 10.9. The number of rotatable bonds is 4. The monoisotopic (exact) mass is 238 g/mol. The van der Waals surface area contributed by atoms with E-state index < -0.39 is 11.2 Å². The van der Waals surface area contributed by atoms with Crippen molar-refractivity contribution in [2.24, 2.45) is 5.73 Å². The van der Waals surface area contributed by atoms with Gasteiger partial charge in [-0.1, -0.05) is 6.07 Å². The molecular formula is C13H22N2O2. The van der Waals surface area contributed by atoms with Crippen molar-refractivity contribution in [3.63, 3.8) is 0 Å². The molecule has 0 aromatic heterocycles. The third-order valence-electron chi connectivity index (χ3n) is 3.15. The minimum Gasteiger partial charge on any atom is -0.484 e. The summed E-state index contributed by atoms with van der Waals surface area (Å²) >= 11 is 0. The summed E-state index contributed by atoms with van der Waals surface area (Å²) in [5.74, 6) is 0.625. The van der Waals surface area contributed by atoms with Gasteiger partial charge >= 0.3 is 0 Å². The maximum absolute atomic E-state index is 10.1. The molecule has 1 aromatic rings. The Hall–Kier alpha value is -1.26. The minimum absolute atomic E-state index is 0.373. The molecule has 96 valence electrons. The summed E-state index contributed by atoms with van der Waals surface area (Å²) in [5, 5.41) is 10.1. The normalized spacial score (nSPS) is 12.6. The molecule has 0 atom stereocenters. The van der Waals surface area contributed by atoms with Crippen LogP contribution >= 0.6 is 0 Å². The molecule has 1 aromatic carbocycles. The summed E-state index contributed by atoms with van der Waals surface area (Å²) in [4.78, 5) is 0. The molecule has 5 N–H and O–H groups in total. The van der Waals surface area contributed by atoms with Gasteiger partial charge in [-0.25, -0.2) is 0 Å². The Balaban J connectivity index is 3.06. The van der Waals surface area contributed by atoms with Gasteiger partial charge in [-0.3, -0.25) is 0 Å². The third-order valence-corrected chi connectivity index (χ3v) is 3.15. The molecule has 0 bridgehead atoms. The van der Waals surface area contributed by atoms with Gasteiger partial charge in [-0.2, -0.15) is 0 Å². The topological polar surface area (TPSA) is 81.5 Å². The second kappa shape index (κ2) is 4.55. The van der Waals surface area contributed by atoms with E-state index in [0.29, 0.717) is 18.0 Å². The van der Waals surface area contributed by atoms with Gasteiger partial charge in [0.1, 0.15) is 11.4 Å². The van der Waals surface area contributed by atoms with E-state index in [4.69, 9.17) is 16.2 Å². The Bertz CT molecular complexity index is 395. The van der Waals surface area contributed by atoms with Gasteiger partial charge < -0.3 is 21.3 Å². The van der Waals surface area contributed by atoms with Crippen molar-refractivity contribution in [2.45, 2.75) is 45.4 Å². The van der Waals surface area contributed by atoms with Crippen LogP contribution in [-0.4, -0.2) is 16.3 Å². The summed E-state index contributed by atoms with van der Waals surface area (Å²) in [5.41, 5.74) is 11.2. The number of aliphatic hydroxyl groups is 1. The molecule has 0 aliphatic heterocycles. The highest BCUT2D eigenvalue weighted by Gasteiger charge is 2.37. The Morgan fingerprint density at radius 1 is 1.24 bits per heavy atom. The Labute approximate surface area is 103 Å². The lowest BCUT2D eigenvalue weighted by molar-refractivity contribution is -0.0909. The maximum atomic E-state index is 10.1. The third kappa shape index (κ3) is 3.11. The van der Waals surface area contributed by atoms with Gasteiger partial charge in [0.25, 0.3) is 0 Å². The Morgan fingerprint density at radius 2 is 1.82 bits per heavy atom. The molecule has 4 heteroatoms. The fourth-order valence-electron chi connectivity index (χ4n) is 1.23. The van der Waals surface area contributed by atoms with Crippen LogP contribution in [0.1, 0.15) is 33.3 Å². The quantitative estimate of drug-likeness (QED) is 0.697. The van der Waals surface area contributed by atoms with Crippen molar-refractivity contribution in [1.29, 1.82) is 0 Å². The molecule has 17 heavy (non-hydrogen) atoms. The van der Waals surface area contributed by atoms with Crippen LogP contribution in [0.2, 0.25) is 0 Å². The van der Waals surface area contributed by atoms with Gasteiger partial charge in [0.2, 0.25) is 0 Å². The number of hydrogen-bond acceptors (Lipinski definition) is 4. The lowest BCUT2D eigenvalue weighted by Crippen LogP contribution is -2.49. The van der Waals surface area contributed by atoms with Crippen molar-refractivity contribution in [3.8, 4) is 5.75 Å². The molecule has 0 aliphatic carbocycles. The van der Waals surface area contributed by atoms with E-state index >= 15 is 0 Å². The smallest absolute Gasteiger partial charge is 0.131 e. The maximum Gasteiger partial charge on any atom is 0.131 e. The van der Waals surface area contributed by atoms with Crippen LogP contribution in [0.3, 0.4) is 0 Å². The van der Waals surface area contributed by atoms with Gasteiger partial charge in [-0.15, -0.1) is 0 Å². The highest BCUT2D eigenvalue weighted by molar-refractivity contribution is 5.48. The van der Waals surface area contributed by atoms with Crippen LogP contribution in [-0.2, 0) is 6.54 Å². The zero-order chi connectivity index (χ0) is 13.3. The molecule has 4 nitrogen and oxygen atoms in total. The lowest BCUT2D eigenvalue weighted by atomic mass is 9.89. The van der Waals surface area contributed by atoms with Crippen molar-refractivity contribution < 1.29 is 9.84 Å². The second-order valence-electron chi connectivity index (χ2n) is 5.24. The fourth-order valence-corrected chi connectivity index (χ4v) is 1.23. The molecule has 0 fully saturated rings. The van der Waals surface area contributed by atoms with Gasteiger partial charge in [0.15, 0.2) is 0 Å². The molecule has 0 amide bonds. The zero-order valence-electron chi connectivity index (χ0n) is 10.9. The molecule has 0 radical (unpaired) electrons. The minimum atomic E-state index is -0.969. The van der Waals surface area contributed by atoms with Crippen molar-refractivity contribution in [1.82, 2.24) is 0 Å². The van der Waals surface area contributed by atoms with Crippen LogP contribution in [0, 0.1) is 0 Å². The van der Waals surface area contributed by atoms with Crippen LogP contribution in [0.25, 0.3) is 0 Å². The van der Waals surface area contributed by atoms with E-state index in [1.54, 1.807) is 26.0 Å². The number of nitrogen functional groups attached to an aromatic ring is 1. The summed E-state index contributed by atoms with van der Waals surface area (Å²) < 4.78 is 5.86. The van der Waals surface area contributed by atoms with E-state index in [1.165, 1.54) is 0 Å². The lowest BCUT2D eigenvalue weighted by Gasteiger charge is -2.38. The average molecular weight is 238 g/mol. The number of anilines is 1. The molecular weight excluding hydrogens is 216 g/mol. The second-order valence-corrected chi connectivity index (χ2v) is 5.24. The molecule has 0 saturated carbocycles. The SMILES string of the molecule is CC(C)(O)C(C)(C)Oc1cc(N)ccc1CN. The predicted octanol–water partition coefficient (Wildman–Crippen LogP) is 1.66. The van der Waals surface area contributed by atoms with Crippen LogP contribution in [0.5, 0.6) is 5.75 Å². The van der Waals surface area contributed by atoms with Crippen LogP contribution in [0.4, 0.5) is 5.69 Å². The first kappa shape index (κ1) is 13.8. The summed E-state index contributed by atoms with van der Waals surface area (Å²) in [6.07, 6.45) is 0. The first-order valence-electron chi connectivity index (χ1n) is 5.67. The van der Waals surface area contributed by atoms with E-state index in [0.717, 1.165) is 5.56 Å². The number of nitrogens with two attached hydrogens (primary N) is 2. The summed E-state index contributed by atoms with van der Waals surface area (Å²) in [6, 6.07) is 5.35. The fraction of sp³-hybridized carbons (Fsp3) is 0.538. The van der Waals surface area contributed by atoms with Gasteiger partial charge in [0, 0.05) is 23.9 Å². The van der Waals surface area contributed by atoms with E-state index in [2.05, 4.69) is 0 Å². The standard InChI is InChI=1S/C13H22N2O2/c1-12(2,16)13(3,4)17-11-7-10(15)6-5-9(11)8-14/h5-7,16H,8,14-15H2,1-4H3. The first-order chi connectivity index (χ1) is 7.67. The number of hydrogen-bond donors (Lipinski definition) is 3. The van der Waals surface area contributed by atoms with Gasteiger partial charge in [0.05, 0.1) is 5.60 Å². The molecule has 1 rings (SSSR count). The molecule has 0 saturated heterocycles. The Morgan fingerprint density at radius 3 is 2.29 bits per heavy atom. The van der Waals surface area contributed by atoms with Crippen molar-refractivity contribution in [2.75, 3.05) is 5.73 Å². The predicted molar refractivity (Wildman–Crippen MR) is 69.8 cm³/mol. The summed E-state index contributed by atoms with van der Waals surface area (Å²) in [7, 11) is 0. The highest BCUT2D eigenvalue weighted by atomic mass is 16.5. The van der Waals surface area contributed by atoms with Crippen LogP contribution in [0.15, 0.2) is 18.2 Å². The van der Waals surface area contributed by atoms with E-state index in [9.17, 15) is 5.11 Å². The average Bonchev–Trinajstić information content (AvgIpc) is 2.15. The first-order valence-corrected chi connectivity index (χ1v) is 5.67. The highest BCUT2D eigenvalue weighted by Crippen LogP contribution is 2.31. The van der Waals surface area contributed by atoms with E-state index in [1.807, 2.05) is 19.9 Å². The van der Waals surface area contributed by atoms with Crippen molar-refractivity contribution >= 4 is 5.69 Å². The van der Waals surface area contributed by atoms with E-state index in [-0.39, 0.29) is 0 Å². The summed E-state index contributed by atoms with van der Waals surface area (Å²) in [6.45, 7) is 7.45.